The van der Waals surface area contributed by atoms with Crippen molar-refractivity contribution in [2.45, 2.75) is 11.0 Å². The summed E-state index contributed by atoms with van der Waals surface area (Å²) < 4.78 is 5.77. The SMILES string of the molecule is CN(C)C(=N)C1CSc2ccccc2O1. The number of nitrogens with zero attached hydrogens (tertiary/aromatic N) is 1. The van der Waals surface area contributed by atoms with Gasteiger partial charge in [0.15, 0.2) is 6.10 Å². The van der Waals surface area contributed by atoms with Gasteiger partial charge in [0.05, 0.1) is 0 Å². The molecule has 0 amide bonds. The summed E-state index contributed by atoms with van der Waals surface area (Å²) in [7, 11) is 3.74. The van der Waals surface area contributed by atoms with E-state index >= 15 is 0 Å². The molecule has 15 heavy (non-hydrogen) atoms. The van der Waals surface area contributed by atoms with E-state index in [0.717, 1.165) is 11.5 Å². The van der Waals surface area contributed by atoms with Crippen molar-refractivity contribution in [3.8, 4) is 5.75 Å². The average molecular weight is 222 g/mol. The number of ether oxygens (including phenoxy) is 1. The highest BCUT2D eigenvalue weighted by Gasteiger charge is 2.24. The molecule has 1 aromatic carbocycles. The third-order valence-corrected chi connectivity index (χ3v) is 3.41. The maximum Gasteiger partial charge on any atom is 0.165 e. The van der Waals surface area contributed by atoms with Gasteiger partial charge in [-0.3, -0.25) is 5.41 Å². The van der Waals surface area contributed by atoms with E-state index in [1.165, 1.54) is 4.90 Å². The minimum absolute atomic E-state index is 0.125. The van der Waals surface area contributed by atoms with Crippen LogP contribution in [0, 0.1) is 5.41 Å². The first-order chi connectivity index (χ1) is 7.18. The number of hydrogen-bond acceptors (Lipinski definition) is 3. The van der Waals surface area contributed by atoms with Crippen molar-refractivity contribution in [2.24, 2.45) is 0 Å². The quantitative estimate of drug-likeness (QED) is 0.584. The van der Waals surface area contributed by atoms with Crippen LogP contribution >= 0.6 is 11.8 Å². The van der Waals surface area contributed by atoms with Crippen LogP contribution in [-0.2, 0) is 0 Å². The third kappa shape index (κ3) is 2.09. The normalized spacial score (nSPS) is 18.9. The standard InChI is InChI=1S/C11H14N2OS/c1-13(2)11(12)9-7-15-10-6-4-3-5-8(10)14-9/h3-6,9,12H,7H2,1-2H3. The molecule has 0 saturated heterocycles. The topological polar surface area (TPSA) is 36.3 Å². The highest BCUT2D eigenvalue weighted by molar-refractivity contribution is 7.99. The van der Waals surface area contributed by atoms with Gasteiger partial charge in [0.1, 0.15) is 11.6 Å². The van der Waals surface area contributed by atoms with Crippen LogP contribution in [0.3, 0.4) is 0 Å². The molecule has 0 fully saturated rings. The second kappa shape index (κ2) is 4.14. The summed E-state index contributed by atoms with van der Waals surface area (Å²) in [6, 6.07) is 7.97. The Morgan fingerprint density at radius 1 is 1.47 bits per heavy atom. The Hall–Kier alpha value is -1.16. The lowest BCUT2D eigenvalue weighted by Crippen LogP contribution is -2.40. The van der Waals surface area contributed by atoms with E-state index in [0.29, 0.717) is 5.84 Å². The zero-order valence-corrected chi connectivity index (χ0v) is 9.67. The lowest BCUT2D eigenvalue weighted by atomic mass is 10.3. The van der Waals surface area contributed by atoms with Gasteiger partial charge in [-0.1, -0.05) is 12.1 Å². The molecule has 1 aliphatic heterocycles. The second-order valence-corrected chi connectivity index (χ2v) is 4.71. The van der Waals surface area contributed by atoms with Gasteiger partial charge in [0, 0.05) is 24.7 Å². The molecule has 0 aliphatic carbocycles. The largest absolute Gasteiger partial charge is 0.480 e. The Morgan fingerprint density at radius 3 is 2.93 bits per heavy atom. The summed E-state index contributed by atoms with van der Waals surface area (Å²) in [4.78, 5) is 2.96. The Labute approximate surface area is 93.9 Å². The van der Waals surface area contributed by atoms with Crippen LogP contribution in [0.1, 0.15) is 0 Å². The molecule has 80 valence electrons. The number of rotatable bonds is 1. The van der Waals surface area contributed by atoms with Crippen molar-refractivity contribution in [3.63, 3.8) is 0 Å². The lowest BCUT2D eigenvalue weighted by molar-refractivity contribution is 0.263. The fraction of sp³-hybridized carbons (Fsp3) is 0.364. The van der Waals surface area contributed by atoms with E-state index in [2.05, 4.69) is 6.07 Å². The minimum atomic E-state index is -0.125. The van der Waals surface area contributed by atoms with Crippen LogP contribution in [0.4, 0.5) is 0 Å². The molecule has 2 rings (SSSR count). The lowest BCUT2D eigenvalue weighted by Gasteiger charge is -2.28. The van der Waals surface area contributed by atoms with E-state index in [1.54, 1.807) is 16.7 Å². The molecule has 1 aliphatic rings. The number of amidine groups is 1. The molecule has 0 aromatic heterocycles. The molecule has 1 heterocycles. The highest BCUT2D eigenvalue weighted by Crippen LogP contribution is 2.35. The predicted molar refractivity (Wildman–Crippen MR) is 63.0 cm³/mol. The molecule has 0 saturated carbocycles. The molecular formula is C11H14N2OS. The summed E-state index contributed by atoms with van der Waals surface area (Å²) >= 11 is 1.75. The van der Waals surface area contributed by atoms with Gasteiger partial charge in [-0.15, -0.1) is 11.8 Å². The number of likely N-dealkylation sites (N-methyl/N-ethyl adjacent to an activating group) is 1. The maximum absolute atomic E-state index is 7.87. The van der Waals surface area contributed by atoms with Crippen LogP contribution in [0.5, 0.6) is 5.75 Å². The highest BCUT2D eigenvalue weighted by atomic mass is 32.2. The first-order valence-corrected chi connectivity index (χ1v) is 5.81. The first kappa shape index (κ1) is 10.4. The summed E-state index contributed by atoms with van der Waals surface area (Å²) in [5.74, 6) is 2.23. The van der Waals surface area contributed by atoms with Crippen molar-refractivity contribution in [2.75, 3.05) is 19.8 Å². The van der Waals surface area contributed by atoms with Gasteiger partial charge in [0.25, 0.3) is 0 Å². The molecule has 1 unspecified atom stereocenters. The number of hydrogen-bond donors (Lipinski definition) is 1. The first-order valence-electron chi connectivity index (χ1n) is 4.82. The van der Waals surface area contributed by atoms with Gasteiger partial charge >= 0.3 is 0 Å². The Kier molecular flexibility index (Phi) is 2.86. The van der Waals surface area contributed by atoms with Crippen LogP contribution < -0.4 is 4.74 Å². The molecule has 0 spiro atoms. The van der Waals surface area contributed by atoms with Crippen LogP contribution in [0.25, 0.3) is 0 Å². The van der Waals surface area contributed by atoms with E-state index in [4.69, 9.17) is 10.1 Å². The molecule has 0 radical (unpaired) electrons. The summed E-state index contributed by atoms with van der Waals surface area (Å²) in [5.41, 5.74) is 0. The van der Waals surface area contributed by atoms with Gasteiger partial charge < -0.3 is 9.64 Å². The van der Waals surface area contributed by atoms with E-state index in [1.807, 2.05) is 32.3 Å². The van der Waals surface area contributed by atoms with E-state index < -0.39 is 0 Å². The van der Waals surface area contributed by atoms with Gasteiger partial charge in [-0.25, -0.2) is 0 Å². The number of benzene rings is 1. The molecule has 0 bridgehead atoms. The summed E-state index contributed by atoms with van der Waals surface area (Å²) in [6.45, 7) is 0. The molecule has 1 N–H and O–H groups in total. The van der Waals surface area contributed by atoms with E-state index in [9.17, 15) is 0 Å². The van der Waals surface area contributed by atoms with E-state index in [-0.39, 0.29) is 6.10 Å². The third-order valence-electron chi connectivity index (χ3n) is 2.30. The molecule has 4 heteroatoms. The Bertz CT molecular complexity index is 379. The smallest absolute Gasteiger partial charge is 0.165 e. The maximum atomic E-state index is 7.87. The van der Waals surface area contributed by atoms with Gasteiger partial charge in [-0.05, 0) is 12.1 Å². The molecular weight excluding hydrogens is 208 g/mol. The van der Waals surface area contributed by atoms with Crippen molar-refractivity contribution < 1.29 is 4.74 Å². The van der Waals surface area contributed by atoms with Crippen molar-refractivity contribution >= 4 is 17.6 Å². The zero-order valence-electron chi connectivity index (χ0n) is 8.86. The second-order valence-electron chi connectivity index (χ2n) is 3.64. The van der Waals surface area contributed by atoms with Crippen LogP contribution in [-0.4, -0.2) is 36.7 Å². The van der Waals surface area contributed by atoms with Crippen LogP contribution in [0.2, 0.25) is 0 Å². The van der Waals surface area contributed by atoms with Crippen molar-refractivity contribution in [1.82, 2.24) is 4.90 Å². The fourth-order valence-electron chi connectivity index (χ4n) is 1.44. The number of para-hydroxylation sites is 1. The Morgan fingerprint density at radius 2 is 2.20 bits per heavy atom. The number of nitrogens with one attached hydrogen (secondary N) is 1. The fourth-order valence-corrected chi connectivity index (χ4v) is 2.43. The monoisotopic (exact) mass is 222 g/mol. The van der Waals surface area contributed by atoms with Crippen molar-refractivity contribution in [1.29, 1.82) is 5.41 Å². The summed E-state index contributed by atoms with van der Waals surface area (Å²) in [5, 5.41) is 7.87. The Balaban J connectivity index is 2.15. The zero-order chi connectivity index (χ0) is 10.8. The predicted octanol–water partition coefficient (Wildman–Crippen LogP) is 2.08. The minimum Gasteiger partial charge on any atom is -0.480 e. The van der Waals surface area contributed by atoms with Crippen LogP contribution in [0.15, 0.2) is 29.2 Å². The van der Waals surface area contributed by atoms with Gasteiger partial charge in [0.2, 0.25) is 0 Å². The van der Waals surface area contributed by atoms with Crippen molar-refractivity contribution in [3.05, 3.63) is 24.3 Å². The molecule has 3 nitrogen and oxygen atoms in total. The summed E-state index contributed by atoms with van der Waals surface area (Å²) in [6.07, 6.45) is -0.125. The molecule has 1 aromatic rings. The van der Waals surface area contributed by atoms with Gasteiger partial charge in [-0.2, -0.15) is 0 Å². The number of thioether (sulfide) groups is 1. The molecule has 1 atom stereocenters. The average Bonchev–Trinajstić information content (AvgIpc) is 2.27. The number of fused-ring (bicyclic) bond motifs is 1.